The number of nitrogens with one attached hydrogen (secondary N) is 2. The van der Waals surface area contributed by atoms with Crippen LogP contribution in [0, 0.1) is 0 Å². The van der Waals surface area contributed by atoms with Crippen LogP contribution in [-0.2, 0) is 30.3 Å². The Bertz CT molecular complexity index is 991. The van der Waals surface area contributed by atoms with Gasteiger partial charge in [0.05, 0.1) is 14.2 Å². The summed E-state index contributed by atoms with van der Waals surface area (Å²) in [6.07, 6.45) is 3.36. The Balaban J connectivity index is 2.22. The second kappa shape index (κ2) is 12.7. The van der Waals surface area contributed by atoms with E-state index < -0.39 is 30.0 Å². The number of carbonyl (C=O) groups is 4. The third-order valence-corrected chi connectivity index (χ3v) is 5.47. The van der Waals surface area contributed by atoms with Crippen LogP contribution in [0.4, 0.5) is 0 Å². The van der Waals surface area contributed by atoms with Crippen molar-refractivity contribution in [2.75, 3.05) is 20.8 Å². The number of hydrogen-bond donors (Lipinski definition) is 2. The maximum Gasteiger partial charge on any atom is 0.328 e. The Kier molecular flexibility index (Phi) is 10.1. The minimum atomic E-state index is -0.944. The van der Waals surface area contributed by atoms with Crippen LogP contribution in [0.2, 0.25) is 0 Å². The highest BCUT2D eigenvalue weighted by molar-refractivity contribution is 5.95. The normalized spacial score (nSPS) is 17.6. The number of methoxy groups -OCH3 is 2. The second-order valence-electron chi connectivity index (χ2n) is 9.03. The molecule has 1 aliphatic heterocycles. The van der Waals surface area contributed by atoms with Crippen molar-refractivity contribution in [1.29, 1.82) is 0 Å². The molecule has 2 rings (SSSR count). The summed E-state index contributed by atoms with van der Waals surface area (Å²) in [5.41, 5.74) is 2.43. The summed E-state index contributed by atoms with van der Waals surface area (Å²) in [5, 5.41) is 5.60. The van der Waals surface area contributed by atoms with E-state index in [9.17, 15) is 19.2 Å². The van der Waals surface area contributed by atoms with E-state index in [4.69, 9.17) is 9.47 Å². The van der Waals surface area contributed by atoms with E-state index >= 15 is 0 Å². The summed E-state index contributed by atoms with van der Waals surface area (Å²) in [5.74, 6) is -1.01. The number of amides is 3. The lowest BCUT2D eigenvalue weighted by molar-refractivity contribution is -0.146. The average molecular weight is 486 g/mol. The summed E-state index contributed by atoms with van der Waals surface area (Å²) in [6.45, 7) is 7.39. The lowest BCUT2D eigenvalue weighted by Gasteiger charge is -2.25. The zero-order valence-electron chi connectivity index (χ0n) is 21.2. The van der Waals surface area contributed by atoms with E-state index in [1.54, 1.807) is 45.2 Å². The Morgan fingerprint density at radius 2 is 1.66 bits per heavy atom. The van der Waals surface area contributed by atoms with E-state index in [1.807, 2.05) is 13.8 Å². The highest BCUT2D eigenvalue weighted by Gasteiger charge is 2.40. The summed E-state index contributed by atoms with van der Waals surface area (Å²) in [6, 6.07) is 4.94. The number of hydrogen-bond acceptors (Lipinski definition) is 6. The monoisotopic (exact) mass is 485 g/mol. The van der Waals surface area contributed by atoms with Gasteiger partial charge in [0.2, 0.25) is 17.7 Å². The molecule has 1 aromatic carbocycles. The van der Waals surface area contributed by atoms with Crippen molar-refractivity contribution in [2.45, 2.75) is 58.7 Å². The molecule has 1 heterocycles. The van der Waals surface area contributed by atoms with E-state index in [-0.39, 0.29) is 31.2 Å². The molecule has 0 aromatic heterocycles. The first-order chi connectivity index (χ1) is 16.5. The molecule has 0 spiro atoms. The molecule has 0 unspecified atom stereocenters. The number of likely N-dealkylation sites (tertiary alicyclic amines) is 1. The minimum Gasteiger partial charge on any atom is -0.497 e. The van der Waals surface area contributed by atoms with Gasteiger partial charge in [0.25, 0.3) is 0 Å². The Labute approximate surface area is 206 Å². The average Bonchev–Trinajstić information content (AvgIpc) is 3.21. The van der Waals surface area contributed by atoms with Gasteiger partial charge in [-0.25, -0.2) is 4.79 Å². The molecule has 190 valence electrons. The van der Waals surface area contributed by atoms with Crippen LogP contribution >= 0.6 is 0 Å². The standard InChI is InChI=1S/C26H35N3O6/c1-16(2)11-23(30)27-19-14-22(29(15-19)24(31)12-17(3)4)25(32)28-21(26(33)35-6)13-18-7-9-20(34-5)10-8-18/h7-12,19,21-22H,13-15H2,1-6H3,(H,27,30)(H,28,32)/t19-,21+,22+/m1/s1. The van der Waals surface area contributed by atoms with Gasteiger partial charge in [-0.05, 0) is 51.8 Å². The highest BCUT2D eigenvalue weighted by atomic mass is 16.5. The first-order valence-electron chi connectivity index (χ1n) is 11.5. The summed E-state index contributed by atoms with van der Waals surface area (Å²) in [4.78, 5) is 52.2. The molecule has 9 heteroatoms. The molecule has 1 aliphatic rings. The van der Waals surface area contributed by atoms with E-state index in [2.05, 4.69) is 10.6 Å². The van der Waals surface area contributed by atoms with Crippen molar-refractivity contribution in [3.63, 3.8) is 0 Å². The van der Waals surface area contributed by atoms with Crippen LogP contribution in [0.1, 0.15) is 39.7 Å². The van der Waals surface area contributed by atoms with Crippen molar-refractivity contribution < 1.29 is 28.7 Å². The molecule has 0 bridgehead atoms. The van der Waals surface area contributed by atoms with Crippen LogP contribution < -0.4 is 15.4 Å². The first-order valence-corrected chi connectivity index (χ1v) is 11.5. The molecule has 1 fully saturated rings. The van der Waals surface area contributed by atoms with E-state index in [0.717, 1.165) is 16.7 Å². The topological polar surface area (TPSA) is 114 Å². The van der Waals surface area contributed by atoms with Crippen LogP contribution in [0.5, 0.6) is 5.75 Å². The third-order valence-electron chi connectivity index (χ3n) is 5.47. The zero-order valence-corrected chi connectivity index (χ0v) is 21.2. The summed E-state index contributed by atoms with van der Waals surface area (Å²) in [7, 11) is 2.82. The minimum absolute atomic E-state index is 0.185. The van der Waals surface area contributed by atoms with Crippen molar-refractivity contribution in [3.05, 3.63) is 53.1 Å². The van der Waals surface area contributed by atoms with Crippen LogP contribution in [-0.4, -0.2) is 67.5 Å². The second-order valence-corrected chi connectivity index (χ2v) is 9.03. The largest absolute Gasteiger partial charge is 0.497 e. The van der Waals surface area contributed by atoms with Gasteiger partial charge in [0.1, 0.15) is 17.8 Å². The van der Waals surface area contributed by atoms with Crippen LogP contribution in [0.25, 0.3) is 0 Å². The molecule has 2 N–H and O–H groups in total. The number of rotatable bonds is 9. The number of benzene rings is 1. The predicted octanol–water partition coefficient (Wildman–Crippen LogP) is 1.91. The number of esters is 1. The molecule has 0 radical (unpaired) electrons. The fourth-order valence-electron chi connectivity index (χ4n) is 3.87. The van der Waals surface area contributed by atoms with Crippen molar-refractivity contribution in [1.82, 2.24) is 15.5 Å². The smallest absolute Gasteiger partial charge is 0.328 e. The molecule has 3 atom stereocenters. The molecular weight excluding hydrogens is 450 g/mol. The maximum absolute atomic E-state index is 13.3. The SMILES string of the molecule is COC(=O)[C@H](Cc1ccc(OC)cc1)NC(=O)[C@@H]1C[C@@H](NC(=O)C=C(C)C)CN1C(=O)C=C(C)C. The van der Waals surface area contributed by atoms with Crippen molar-refractivity contribution >= 4 is 23.7 Å². The van der Waals surface area contributed by atoms with Gasteiger partial charge < -0.3 is 25.0 Å². The number of nitrogens with zero attached hydrogens (tertiary/aromatic N) is 1. The summed E-state index contributed by atoms with van der Waals surface area (Å²) < 4.78 is 10.1. The third kappa shape index (κ3) is 8.27. The van der Waals surface area contributed by atoms with Crippen molar-refractivity contribution in [3.8, 4) is 5.75 Å². The van der Waals surface area contributed by atoms with Gasteiger partial charge in [0.15, 0.2) is 0 Å². The molecular formula is C26H35N3O6. The molecule has 1 saturated heterocycles. The van der Waals surface area contributed by atoms with Gasteiger partial charge in [-0.15, -0.1) is 0 Å². The molecule has 9 nitrogen and oxygen atoms in total. The Hall–Kier alpha value is -3.62. The fourth-order valence-corrected chi connectivity index (χ4v) is 3.87. The Morgan fingerprint density at radius 1 is 1.03 bits per heavy atom. The fraction of sp³-hybridized carbons (Fsp3) is 0.462. The van der Waals surface area contributed by atoms with Gasteiger partial charge in [-0.3, -0.25) is 14.4 Å². The van der Waals surface area contributed by atoms with Crippen LogP contribution in [0.15, 0.2) is 47.6 Å². The first kappa shape index (κ1) is 27.6. The van der Waals surface area contributed by atoms with Gasteiger partial charge in [-0.2, -0.15) is 0 Å². The zero-order chi connectivity index (χ0) is 26.1. The van der Waals surface area contributed by atoms with Gasteiger partial charge in [0, 0.05) is 31.2 Å². The molecule has 0 saturated carbocycles. The Morgan fingerprint density at radius 3 is 2.20 bits per heavy atom. The van der Waals surface area contributed by atoms with Gasteiger partial charge >= 0.3 is 5.97 Å². The molecule has 1 aromatic rings. The lowest BCUT2D eigenvalue weighted by Crippen LogP contribution is -2.51. The molecule has 0 aliphatic carbocycles. The van der Waals surface area contributed by atoms with Crippen molar-refractivity contribution in [2.24, 2.45) is 0 Å². The van der Waals surface area contributed by atoms with E-state index in [1.165, 1.54) is 24.2 Å². The van der Waals surface area contributed by atoms with E-state index in [0.29, 0.717) is 5.75 Å². The molecule has 35 heavy (non-hydrogen) atoms. The summed E-state index contributed by atoms with van der Waals surface area (Å²) >= 11 is 0. The number of ether oxygens (including phenoxy) is 2. The lowest BCUT2D eigenvalue weighted by atomic mass is 10.0. The quantitative estimate of drug-likeness (QED) is 0.408. The number of allylic oxidation sites excluding steroid dienone is 2. The highest BCUT2D eigenvalue weighted by Crippen LogP contribution is 2.20. The van der Waals surface area contributed by atoms with Gasteiger partial charge in [-0.1, -0.05) is 23.3 Å². The van der Waals surface area contributed by atoms with Crippen LogP contribution in [0.3, 0.4) is 0 Å². The number of carbonyl (C=O) groups excluding carboxylic acids is 4. The predicted molar refractivity (Wildman–Crippen MR) is 132 cm³/mol. The molecule has 3 amide bonds. The maximum atomic E-state index is 13.3.